The summed E-state index contributed by atoms with van der Waals surface area (Å²) >= 11 is 0. The van der Waals surface area contributed by atoms with E-state index in [0.717, 1.165) is 6.07 Å². The van der Waals surface area contributed by atoms with Crippen LogP contribution in [-0.2, 0) is 0 Å². The summed E-state index contributed by atoms with van der Waals surface area (Å²) in [6, 6.07) is 8.48. The van der Waals surface area contributed by atoms with Gasteiger partial charge in [-0.15, -0.1) is 0 Å². The summed E-state index contributed by atoms with van der Waals surface area (Å²) in [4.78, 5) is 27.2. The molecule has 0 fully saturated rings. The number of rotatable bonds is 4. The Morgan fingerprint density at radius 3 is 2.63 bits per heavy atom. The fourth-order valence-electron chi connectivity index (χ4n) is 2.60. The molecule has 0 radical (unpaired) electrons. The maximum absolute atomic E-state index is 14.2. The van der Waals surface area contributed by atoms with Gasteiger partial charge < -0.3 is 21.1 Å². The molecule has 4 N–H and O–H groups in total. The molecular weight excluding hydrogens is 351 g/mol. The SMILES string of the molecule is CNC(=O)Nc1ccc(Oc2ccnc3cc(C)c(C(N)=O)cc23)cc1F. The van der Waals surface area contributed by atoms with E-state index in [-0.39, 0.29) is 11.4 Å². The number of aromatic nitrogens is 1. The van der Waals surface area contributed by atoms with E-state index in [1.54, 1.807) is 31.3 Å². The highest BCUT2D eigenvalue weighted by molar-refractivity contribution is 6.00. The van der Waals surface area contributed by atoms with E-state index < -0.39 is 17.8 Å². The van der Waals surface area contributed by atoms with Gasteiger partial charge in [0.2, 0.25) is 5.91 Å². The summed E-state index contributed by atoms with van der Waals surface area (Å²) in [5.41, 5.74) is 7.11. The van der Waals surface area contributed by atoms with Crippen LogP contribution in [0.15, 0.2) is 42.6 Å². The largest absolute Gasteiger partial charge is 0.456 e. The number of benzene rings is 2. The molecule has 0 bridgehead atoms. The molecule has 3 amide bonds. The Labute approximate surface area is 154 Å². The van der Waals surface area contributed by atoms with Crippen molar-refractivity contribution in [1.29, 1.82) is 0 Å². The molecule has 1 heterocycles. The predicted molar refractivity (Wildman–Crippen MR) is 99.6 cm³/mol. The zero-order valence-corrected chi connectivity index (χ0v) is 14.7. The number of pyridine rings is 1. The van der Waals surface area contributed by atoms with Crippen molar-refractivity contribution in [2.24, 2.45) is 5.73 Å². The van der Waals surface area contributed by atoms with E-state index in [2.05, 4.69) is 15.6 Å². The van der Waals surface area contributed by atoms with Gasteiger partial charge in [-0.25, -0.2) is 9.18 Å². The predicted octanol–water partition coefficient (Wildman–Crippen LogP) is 3.32. The molecule has 0 spiro atoms. The second-order valence-electron chi connectivity index (χ2n) is 5.81. The average Bonchev–Trinajstić information content (AvgIpc) is 2.63. The highest BCUT2D eigenvalue weighted by atomic mass is 19.1. The van der Waals surface area contributed by atoms with Crippen LogP contribution < -0.4 is 21.1 Å². The van der Waals surface area contributed by atoms with Crippen molar-refractivity contribution < 1.29 is 18.7 Å². The van der Waals surface area contributed by atoms with Crippen LogP contribution in [0.4, 0.5) is 14.9 Å². The van der Waals surface area contributed by atoms with Crippen LogP contribution >= 0.6 is 0 Å². The summed E-state index contributed by atoms with van der Waals surface area (Å²) in [5, 5.41) is 5.28. The first-order valence-electron chi connectivity index (χ1n) is 8.04. The molecule has 8 heteroatoms. The number of hydrogen-bond acceptors (Lipinski definition) is 4. The number of anilines is 1. The lowest BCUT2D eigenvalue weighted by Gasteiger charge is -2.12. The molecule has 0 atom stereocenters. The standard InChI is InChI=1S/C19H17FN4O3/c1-10-7-16-13(9-12(10)18(21)25)17(5-6-23-16)27-11-3-4-15(14(20)8-11)24-19(26)22-2/h3-9H,1-2H3,(H2,21,25)(H2,22,24,26). The number of nitrogens with one attached hydrogen (secondary N) is 2. The zero-order valence-electron chi connectivity index (χ0n) is 14.7. The number of carbonyl (C=O) groups excluding carboxylic acids is 2. The van der Waals surface area contributed by atoms with E-state index >= 15 is 0 Å². The van der Waals surface area contributed by atoms with Crippen molar-refractivity contribution >= 4 is 28.5 Å². The minimum atomic E-state index is -0.650. The van der Waals surface area contributed by atoms with Crippen LogP contribution in [-0.4, -0.2) is 24.0 Å². The number of carbonyl (C=O) groups is 2. The van der Waals surface area contributed by atoms with E-state index in [1.165, 1.54) is 19.2 Å². The lowest BCUT2D eigenvalue weighted by molar-refractivity contribution is 0.1000. The molecule has 7 nitrogen and oxygen atoms in total. The Kier molecular flexibility index (Phi) is 4.89. The summed E-state index contributed by atoms with van der Waals surface area (Å²) in [6.45, 7) is 1.77. The topological polar surface area (TPSA) is 106 Å². The number of ether oxygens (including phenoxy) is 1. The van der Waals surface area contributed by atoms with Gasteiger partial charge in [0.15, 0.2) is 0 Å². The molecule has 1 aromatic heterocycles. The number of nitrogens with two attached hydrogens (primary N) is 1. The number of amides is 3. The lowest BCUT2D eigenvalue weighted by Crippen LogP contribution is -2.24. The molecule has 0 unspecified atom stereocenters. The molecule has 0 saturated carbocycles. The van der Waals surface area contributed by atoms with E-state index in [9.17, 15) is 14.0 Å². The molecular formula is C19H17FN4O3. The third-order valence-corrected chi connectivity index (χ3v) is 3.96. The van der Waals surface area contributed by atoms with Crippen LogP contribution in [0.2, 0.25) is 0 Å². The van der Waals surface area contributed by atoms with Gasteiger partial charge in [0.25, 0.3) is 0 Å². The maximum atomic E-state index is 14.2. The minimum absolute atomic E-state index is 0.0212. The summed E-state index contributed by atoms with van der Waals surface area (Å²) < 4.78 is 20.0. The van der Waals surface area contributed by atoms with Crippen molar-refractivity contribution in [3.63, 3.8) is 0 Å². The van der Waals surface area contributed by atoms with E-state index in [0.29, 0.717) is 27.8 Å². The quantitative estimate of drug-likeness (QED) is 0.657. The van der Waals surface area contributed by atoms with Crippen molar-refractivity contribution in [3.8, 4) is 11.5 Å². The van der Waals surface area contributed by atoms with Gasteiger partial charge in [0, 0.05) is 30.3 Å². The molecule has 3 rings (SSSR count). The molecule has 0 aliphatic rings. The fraction of sp³-hybridized carbons (Fsp3) is 0.105. The first-order valence-corrected chi connectivity index (χ1v) is 8.04. The highest BCUT2D eigenvalue weighted by Gasteiger charge is 2.13. The lowest BCUT2D eigenvalue weighted by atomic mass is 10.0. The van der Waals surface area contributed by atoms with Crippen molar-refractivity contribution in [1.82, 2.24) is 10.3 Å². The molecule has 3 aromatic rings. The smallest absolute Gasteiger partial charge is 0.319 e. The monoisotopic (exact) mass is 368 g/mol. The van der Waals surface area contributed by atoms with E-state index in [1.807, 2.05) is 0 Å². The third kappa shape index (κ3) is 3.79. The van der Waals surface area contributed by atoms with Gasteiger partial charge in [-0.1, -0.05) is 0 Å². The normalized spacial score (nSPS) is 10.5. The number of nitrogens with zero attached hydrogens (tertiary/aromatic N) is 1. The molecule has 2 aromatic carbocycles. The van der Waals surface area contributed by atoms with Crippen LogP contribution in [0.25, 0.3) is 10.9 Å². The number of aryl methyl sites for hydroxylation is 1. The van der Waals surface area contributed by atoms with Gasteiger partial charge in [-0.05, 0) is 42.8 Å². The summed E-state index contributed by atoms with van der Waals surface area (Å²) in [6.07, 6.45) is 1.55. The second-order valence-corrected chi connectivity index (χ2v) is 5.81. The summed E-state index contributed by atoms with van der Waals surface area (Å²) in [5.74, 6) is -0.583. The number of primary amides is 1. The number of urea groups is 1. The molecule has 0 aliphatic carbocycles. The number of hydrogen-bond donors (Lipinski definition) is 3. The van der Waals surface area contributed by atoms with Crippen LogP contribution in [0, 0.1) is 12.7 Å². The third-order valence-electron chi connectivity index (χ3n) is 3.96. The Bertz CT molecular complexity index is 1050. The Morgan fingerprint density at radius 2 is 1.96 bits per heavy atom. The van der Waals surface area contributed by atoms with Gasteiger partial charge >= 0.3 is 6.03 Å². The van der Waals surface area contributed by atoms with Gasteiger partial charge in [0.1, 0.15) is 17.3 Å². The molecule has 0 saturated heterocycles. The highest BCUT2D eigenvalue weighted by Crippen LogP contribution is 2.32. The van der Waals surface area contributed by atoms with Gasteiger partial charge in [0.05, 0.1) is 11.2 Å². The minimum Gasteiger partial charge on any atom is -0.456 e. The molecule has 27 heavy (non-hydrogen) atoms. The molecule has 0 aliphatic heterocycles. The van der Waals surface area contributed by atoms with Crippen LogP contribution in [0.1, 0.15) is 15.9 Å². The maximum Gasteiger partial charge on any atom is 0.319 e. The van der Waals surface area contributed by atoms with Gasteiger partial charge in [-0.3, -0.25) is 9.78 Å². The zero-order chi connectivity index (χ0) is 19.6. The Morgan fingerprint density at radius 1 is 1.19 bits per heavy atom. The first kappa shape index (κ1) is 18.1. The molecule has 138 valence electrons. The van der Waals surface area contributed by atoms with E-state index in [4.69, 9.17) is 10.5 Å². The van der Waals surface area contributed by atoms with Crippen molar-refractivity contribution in [2.75, 3.05) is 12.4 Å². The number of halogens is 1. The van der Waals surface area contributed by atoms with Crippen LogP contribution in [0.5, 0.6) is 11.5 Å². The number of fused-ring (bicyclic) bond motifs is 1. The Hall–Kier alpha value is -3.68. The fourth-order valence-corrected chi connectivity index (χ4v) is 2.60. The summed E-state index contributed by atoms with van der Waals surface area (Å²) in [7, 11) is 1.43. The van der Waals surface area contributed by atoms with Crippen LogP contribution in [0.3, 0.4) is 0 Å². The van der Waals surface area contributed by atoms with Crippen molar-refractivity contribution in [3.05, 3.63) is 59.5 Å². The Balaban J connectivity index is 1.97. The second kappa shape index (κ2) is 7.28. The van der Waals surface area contributed by atoms with Crippen molar-refractivity contribution in [2.45, 2.75) is 6.92 Å². The first-order chi connectivity index (χ1) is 12.9. The average molecular weight is 368 g/mol. The van der Waals surface area contributed by atoms with Gasteiger partial charge in [-0.2, -0.15) is 0 Å².